The zero-order chi connectivity index (χ0) is 22.0. The molecule has 0 radical (unpaired) electrons. The van der Waals surface area contributed by atoms with Crippen molar-refractivity contribution in [3.63, 3.8) is 0 Å². The average molecular weight is 417 g/mol. The normalized spacial score (nSPS) is 16.3. The van der Waals surface area contributed by atoms with E-state index in [4.69, 9.17) is 16.2 Å². The fraction of sp³-hybridized carbons (Fsp3) is 0.280. The minimum atomic E-state index is 0.0441. The number of anilines is 1. The number of hydrogen-bond donors (Lipinski definition) is 2. The van der Waals surface area contributed by atoms with Gasteiger partial charge in [-0.3, -0.25) is 9.78 Å². The summed E-state index contributed by atoms with van der Waals surface area (Å²) in [6.07, 6.45) is 3.65. The number of nitrogen functional groups attached to an aromatic ring is 1. The van der Waals surface area contributed by atoms with Gasteiger partial charge in [-0.2, -0.15) is 0 Å². The van der Waals surface area contributed by atoms with Gasteiger partial charge in [0, 0.05) is 42.0 Å². The van der Waals surface area contributed by atoms with Crippen molar-refractivity contribution in [2.24, 2.45) is 11.7 Å². The number of carbonyl (C=O) groups is 1. The fourth-order valence-electron chi connectivity index (χ4n) is 4.22. The highest BCUT2D eigenvalue weighted by atomic mass is 16.5. The number of nitrogens with zero attached hydrogens (tertiary/aromatic N) is 2. The quantitative estimate of drug-likeness (QED) is 0.614. The van der Waals surface area contributed by atoms with E-state index in [-0.39, 0.29) is 11.8 Å². The Hall–Kier alpha value is -3.54. The number of aromatic nitrogens is 1. The summed E-state index contributed by atoms with van der Waals surface area (Å²) in [6, 6.07) is 13.3. The van der Waals surface area contributed by atoms with E-state index < -0.39 is 0 Å². The number of aryl methyl sites for hydroxylation is 1. The first kappa shape index (κ1) is 20.7. The van der Waals surface area contributed by atoms with E-state index in [1.54, 1.807) is 12.3 Å². The smallest absolute Gasteiger partial charge is 0.254 e. The minimum Gasteiger partial charge on any atom is -0.492 e. The summed E-state index contributed by atoms with van der Waals surface area (Å²) in [4.78, 5) is 19.7. The van der Waals surface area contributed by atoms with Crippen LogP contribution in [0.25, 0.3) is 16.6 Å². The van der Waals surface area contributed by atoms with Crippen molar-refractivity contribution in [3.05, 3.63) is 71.9 Å². The number of hydrogen-bond acceptors (Lipinski definition) is 5. The van der Waals surface area contributed by atoms with Gasteiger partial charge >= 0.3 is 0 Å². The molecule has 2 aromatic carbocycles. The van der Waals surface area contributed by atoms with E-state index in [9.17, 15) is 4.79 Å². The molecular formula is C25H28N4O2. The largest absolute Gasteiger partial charge is 0.492 e. The summed E-state index contributed by atoms with van der Waals surface area (Å²) in [7, 11) is 0. The van der Waals surface area contributed by atoms with Crippen LogP contribution in [0.5, 0.6) is 5.75 Å². The van der Waals surface area contributed by atoms with Crippen molar-refractivity contribution in [1.82, 2.24) is 9.88 Å². The van der Waals surface area contributed by atoms with Gasteiger partial charge in [0.25, 0.3) is 5.91 Å². The van der Waals surface area contributed by atoms with Crippen LogP contribution >= 0.6 is 0 Å². The maximum absolute atomic E-state index is 13.3. The number of rotatable bonds is 5. The van der Waals surface area contributed by atoms with Crippen molar-refractivity contribution in [2.45, 2.75) is 19.8 Å². The summed E-state index contributed by atoms with van der Waals surface area (Å²) in [6.45, 7) is 7.71. The molecule has 6 heteroatoms. The fourth-order valence-corrected chi connectivity index (χ4v) is 4.22. The number of fused-ring (bicyclic) bond motifs is 1. The summed E-state index contributed by atoms with van der Waals surface area (Å²) in [5.41, 5.74) is 16.2. The Kier molecular flexibility index (Phi) is 5.80. The molecular weight excluding hydrogens is 388 g/mol. The zero-order valence-corrected chi connectivity index (χ0v) is 17.8. The Bertz CT molecular complexity index is 1140. The molecule has 0 unspecified atom stereocenters. The van der Waals surface area contributed by atoms with Crippen LogP contribution in [0.3, 0.4) is 0 Å². The molecule has 4 rings (SSSR count). The van der Waals surface area contributed by atoms with E-state index in [1.165, 1.54) is 0 Å². The number of likely N-dealkylation sites (tertiary alicyclic amines) is 1. The second-order valence-corrected chi connectivity index (χ2v) is 8.20. The predicted molar refractivity (Wildman–Crippen MR) is 125 cm³/mol. The molecule has 1 aliphatic rings. The van der Waals surface area contributed by atoms with Crippen LogP contribution < -0.4 is 16.2 Å². The third-order valence-corrected chi connectivity index (χ3v) is 5.79. The monoisotopic (exact) mass is 416 g/mol. The Labute approximate surface area is 182 Å². The summed E-state index contributed by atoms with van der Waals surface area (Å²) in [5.74, 6) is 0.905. The van der Waals surface area contributed by atoms with Gasteiger partial charge in [0.05, 0.1) is 23.3 Å². The molecule has 1 aromatic heterocycles. The zero-order valence-electron chi connectivity index (χ0n) is 17.8. The van der Waals surface area contributed by atoms with Crippen LogP contribution in [0.1, 0.15) is 34.3 Å². The van der Waals surface area contributed by atoms with Gasteiger partial charge in [0.15, 0.2) is 0 Å². The molecule has 0 bridgehead atoms. The molecule has 4 N–H and O–H groups in total. The lowest BCUT2D eigenvalue weighted by Crippen LogP contribution is -2.41. The molecule has 0 spiro atoms. The average Bonchev–Trinajstić information content (AvgIpc) is 2.76. The molecule has 1 atom stereocenters. The van der Waals surface area contributed by atoms with Gasteiger partial charge in [-0.15, -0.1) is 0 Å². The maximum atomic E-state index is 13.3. The summed E-state index contributed by atoms with van der Waals surface area (Å²) < 4.78 is 6.07. The van der Waals surface area contributed by atoms with Crippen molar-refractivity contribution < 1.29 is 9.53 Å². The lowest BCUT2D eigenvalue weighted by Gasteiger charge is -2.33. The number of benzene rings is 2. The molecule has 3 aromatic rings. The van der Waals surface area contributed by atoms with Gasteiger partial charge in [-0.05, 0) is 50.1 Å². The Morgan fingerprint density at radius 3 is 2.94 bits per heavy atom. The second-order valence-electron chi connectivity index (χ2n) is 8.20. The number of piperidine rings is 1. The minimum absolute atomic E-state index is 0.0441. The van der Waals surface area contributed by atoms with Crippen LogP contribution in [0.4, 0.5) is 5.69 Å². The van der Waals surface area contributed by atoms with E-state index in [2.05, 4.69) is 11.6 Å². The van der Waals surface area contributed by atoms with Crippen molar-refractivity contribution in [3.8, 4) is 5.75 Å². The van der Waals surface area contributed by atoms with Crippen LogP contribution in [0.2, 0.25) is 0 Å². The van der Waals surface area contributed by atoms with Crippen LogP contribution in [-0.4, -0.2) is 35.5 Å². The lowest BCUT2D eigenvalue weighted by molar-refractivity contribution is 0.0635. The van der Waals surface area contributed by atoms with Crippen LogP contribution in [-0.2, 0) is 0 Å². The van der Waals surface area contributed by atoms with E-state index in [1.807, 2.05) is 48.2 Å². The molecule has 6 nitrogen and oxygen atoms in total. The molecule has 1 fully saturated rings. The summed E-state index contributed by atoms with van der Waals surface area (Å²) >= 11 is 0. The first-order valence-corrected chi connectivity index (χ1v) is 10.5. The van der Waals surface area contributed by atoms with E-state index in [0.29, 0.717) is 41.4 Å². The molecule has 0 saturated carbocycles. The number of ether oxygens (including phenoxy) is 1. The third kappa shape index (κ3) is 4.33. The van der Waals surface area contributed by atoms with Crippen molar-refractivity contribution >= 4 is 28.2 Å². The summed E-state index contributed by atoms with van der Waals surface area (Å²) in [5, 5.41) is 0.900. The highest BCUT2D eigenvalue weighted by Gasteiger charge is 2.26. The molecule has 2 heterocycles. The van der Waals surface area contributed by atoms with Gasteiger partial charge in [0.1, 0.15) is 5.75 Å². The van der Waals surface area contributed by atoms with Crippen LogP contribution in [0.15, 0.2) is 55.2 Å². The number of nitrogens with two attached hydrogens (primary N) is 2. The van der Waals surface area contributed by atoms with Gasteiger partial charge in [-0.25, -0.2) is 0 Å². The Morgan fingerprint density at radius 2 is 2.13 bits per heavy atom. The topological polar surface area (TPSA) is 94.5 Å². The maximum Gasteiger partial charge on any atom is 0.254 e. The molecule has 31 heavy (non-hydrogen) atoms. The van der Waals surface area contributed by atoms with Gasteiger partial charge in [-0.1, -0.05) is 24.3 Å². The highest BCUT2D eigenvalue weighted by molar-refractivity contribution is 6.06. The second kappa shape index (κ2) is 8.68. The first-order valence-electron chi connectivity index (χ1n) is 10.5. The molecule has 160 valence electrons. The van der Waals surface area contributed by atoms with Gasteiger partial charge < -0.3 is 21.1 Å². The SMILES string of the molecule is C=C(N)c1c(N)cccc1OC[C@H]1CCCN(C(=O)c2ccnc3ccc(C)cc23)C1. The predicted octanol–water partition coefficient (Wildman–Crippen LogP) is 3.99. The van der Waals surface area contributed by atoms with Crippen LogP contribution in [0, 0.1) is 12.8 Å². The number of pyridine rings is 1. The highest BCUT2D eigenvalue weighted by Crippen LogP contribution is 2.30. The molecule has 1 saturated heterocycles. The Balaban J connectivity index is 1.49. The Morgan fingerprint density at radius 1 is 1.29 bits per heavy atom. The molecule has 1 amide bonds. The molecule has 0 aliphatic carbocycles. The van der Waals surface area contributed by atoms with Crippen molar-refractivity contribution in [1.29, 1.82) is 0 Å². The number of amides is 1. The van der Waals surface area contributed by atoms with Gasteiger partial charge in [0.2, 0.25) is 0 Å². The number of carbonyl (C=O) groups excluding carboxylic acids is 1. The molecule has 1 aliphatic heterocycles. The third-order valence-electron chi connectivity index (χ3n) is 5.79. The van der Waals surface area contributed by atoms with E-state index >= 15 is 0 Å². The lowest BCUT2D eigenvalue weighted by atomic mass is 9.97. The first-order chi connectivity index (χ1) is 14.9. The van der Waals surface area contributed by atoms with E-state index in [0.717, 1.165) is 35.9 Å². The standard InChI is InChI=1S/C25H28N4O2/c1-16-8-9-22-20(13-16)19(10-11-28-22)25(30)29-12-4-5-18(14-29)15-31-23-7-3-6-21(27)24(23)17(2)26/h3,6-11,13,18H,2,4-5,12,14-15,26-27H2,1H3/t18-/m0/s1. The van der Waals surface area contributed by atoms with Crippen molar-refractivity contribution in [2.75, 3.05) is 25.4 Å².